The zero-order valence-electron chi connectivity index (χ0n) is 14.8. The molecule has 7 heteroatoms. The summed E-state index contributed by atoms with van der Waals surface area (Å²) in [6.45, 7) is 3.76. The number of rotatable bonds is 9. The number of methoxy groups -OCH3 is 1. The van der Waals surface area contributed by atoms with Crippen molar-refractivity contribution >= 4 is 12.0 Å². The van der Waals surface area contributed by atoms with E-state index in [4.69, 9.17) is 9.84 Å². The zero-order chi connectivity index (χ0) is 18.2. The normalized spacial score (nSPS) is 19.3. The highest BCUT2D eigenvalue weighted by Crippen LogP contribution is 2.25. The quantitative estimate of drug-likeness (QED) is 0.629. The topological polar surface area (TPSA) is 90.9 Å². The number of nitrogens with one attached hydrogen (secondary N) is 2. The molecule has 0 bridgehead atoms. The number of urea groups is 1. The van der Waals surface area contributed by atoms with Gasteiger partial charge in [0.25, 0.3) is 0 Å². The summed E-state index contributed by atoms with van der Waals surface area (Å²) in [5.41, 5.74) is 2.12. The van der Waals surface area contributed by atoms with Gasteiger partial charge in [0.15, 0.2) is 0 Å². The second-order valence-electron chi connectivity index (χ2n) is 6.36. The Morgan fingerprint density at radius 2 is 1.88 bits per heavy atom. The standard InChI is InChI=1S/C18H27N3O4/c1-3-21(11-17(22)23)16-8-15(9-16)20-18(24)19-10-13-4-6-14(7-5-13)12-25-2/h4-7,15-16H,3,8-12H2,1-2H3,(H,22,23)(H2,19,20,24). The molecule has 1 fully saturated rings. The van der Waals surface area contributed by atoms with E-state index >= 15 is 0 Å². The maximum atomic E-state index is 12.0. The first kappa shape index (κ1) is 19.2. The van der Waals surface area contributed by atoms with E-state index < -0.39 is 5.97 Å². The highest BCUT2D eigenvalue weighted by atomic mass is 16.5. The van der Waals surface area contributed by atoms with Crippen LogP contribution in [0.5, 0.6) is 0 Å². The third-order valence-electron chi connectivity index (χ3n) is 4.50. The van der Waals surface area contributed by atoms with Gasteiger partial charge >= 0.3 is 12.0 Å². The minimum Gasteiger partial charge on any atom is -0.480 e. The van der Waals surface area contributed by atoms with E-state index in [0.717, 1.165) is 24.0 Å². The Hall–Kier alpha value is -2.12. The molecule has 138 valence electrons. The van der Waals surface area contributed by atoms with Crippen LogP contribution in [0, 0.1) is 0 Å². The van der Waals surface area contributed by atoms with Gasteiger partial charge < -0.3 is 20.5 Å². The van der Waals surface area contributed by atoms with E-state index in [-0.39, 0.29) is 24.7 Å². The molecule has 0 heterocycles. The summed E-state index contributed by atoms with van der Waals surface area (Å²) in [5.74, 6) is -0.812. The molecule has 0 aromatic heterocycles. The number of carboxylic acid groups (broad SMARTS) is 1. The summed E-state index contributed by atoms with van der Waals surface area (Å²) >= 11 is 0. The number of benzene rings is 1. The van der Waals surface area contributed by atoms with E-state index in [0.29, 0.717) is 19.7 Å². The van der Waals surface area contributed by atoms with Crippen LogP contribution in [-0.2, 0) is 22.7 Å². The Morgan fingerprint density at radius 1 is 1.24 bits per heavy atom. The molecule has 0 saturated heterocycles. The number of hydrogen-bond donors (Lipinski definition) is 3. The van der Waals surface area contributed by atoms with E-state index in [2.05, 4.69) is 10.6 Å². The third-order valence-corrected chi connectivity index (χ3v) is 4.50. The lowest BCUT2D eigenvalue weighted by molar-refractivity contribution is -0.139. The summed E-state index contributed by atoms with van der Waals surface area (Å²) in [4.78, 5) is 24.7. The van der Waals surface area contributed by atoms with Crippen molar-refractivity contribution in [3.05, 3.63) is 35.4 Å². The average molecular weight is 349 g/mol. The molecule has 0 unspecified atom stereocenters. The fourth-order valence-electron chi connectivity index (χ4n) is 3.02. The van der Waals surface area contributed by atoms with Crippen LogP contribution >= 0.6 is 0 Å². The van der Waals surface area contributed by atoms with Gasteiger partial charge in [0.2, 0.25) is 0 Å². The van der Waals surface area contributed by atoms with Crippen molar-refractivity contribution in [1.82, 2.24) is 15.5 Å². The fourth-order valence-corrected chi connectivity index (χ4v) is 3.02. The first-order valence-corrected chi connectivity index (χ1v) is 8.58. The summed E-state index contributed by atoms with van der Waals surface area (Å²) in [5, 5.41) is 14.7. The Morgan fingerprint density at radius 3 is 2.44 bits per heavy atom. The largest absolute Gasteiger partial charge is 0.480 e. The minimum atomic E-state index is -0.812. The van der Waals surface area contributed by atoms with Crippen LogP contribution in [0.1, 0.15) is 30.9 Å². The summed E-state index contributed by atoms with van der Waals surface area (Å²) < 4.78 is 5.07. The number of carbonyl (C=O) groups is 2. The van der Waals surface area contributed by atoms with Crippen molar-refractivity contribution in [2.75, 3.05) is 20.2 Å². The SMILES string of the molecule is CCN(CC(=O)O)C1CC(NC(=O)NCc2ccc(COC)cc2)C1. The predicted octanol–water partition coefficient (Wildman–Crippen LogP) is 1.57. The molecular formula is C18H27N3O4. The highest BCUT2D eigenvalue weighted by molar-refractivity contribution is 5.74. The predicted molar refractivity (Wildman–Crippen MR) is 94.2 cm³/mol. The maximum absolute atomic E-state index is 12.0. The molecule has 0 radical (unpaired) electrons. The van der Waals surface area contributed by atoms with Gasteiger partial charge in [-0.25, -0.2) is 4.79 Å². The Labute approximate surface area is 148 Å². The number of carboxylic acids is 1. The van der Waals surface area contributed by atoms with Crippen LogP contribution in [0.15, 0.2) is 24.3 Å². The fraction of sp³-hybridized carbons (Fsp3) is 0.556. The van der Waals surface area contributed by atoms with Gasteiger partial charge in [-0.1, -0.05) is 31.2 Å². The first-order chi connectivity index (χ1) is 12.0. The molecule has 7 nitrogen and oxygen atoms in total. The summed E-state index contributed by atoms with van der Waals surface area (Å²) in [7, 11) is 1.66. The second-order valence-corrected chi connectivity index (χ2v) is 6.36. The Kier molecular flexibility index (Phi) is 7.21. The van der Waals surface area contributed by atoms with Gasteiger partial charge in [-0.05, 0) is 30.5 Å². The number of nitrogens with zero attached hydrogens (tertiary/aromatic N) is 1. The molecule has 2 rings (SSSR count). The van der Waals surface area contributed by atoms with Gasteiger partial charge in [-0.15, -0.1) is 0 Å². The van der Waals surface area contributed by atoms with Crippen molar-refractivity contribution in [1.29, 1.82) is 0 Å². The van der Waals surface area contributed by atoms with Crippen LogP contribution in [0.3, 0.4) is 0 Å². The lowest BCUT2D eigenvalue weighted by Gasteiger charge is -2.42. The number of ether oxygens (including phenoxy) is 1. The molecule has 2 amide bonds. The molecule has 3 N–H and O–H groups in total. The lowest BCUT2D eigenvalue weighted by atomic mass is 9.85. The van der Waals surface area contributed by atoms with Crippen molar-refractivity contribution in [2.45, 2.75) is 45.0 Å². The first-order valence-electron chi connectivity index (χ1n) is 8.58. The molecule has 1 aromatic rings. The molecule has 1 aliphatic rings. The lowest BCUT2D eigenvalue weighted by Crippen LogP contribution is -2.56. The van der Waals surface area contributed by atoms with Crippen LogP contribution in [0.2, 0.25) is 0 Å². The number of carbonyl (C=O) groups excluding carboxylic acids is 1. The number of aliphatic carboxylic acids is 1. The van der Waals surface area contributed by atoms with Gasteiger partial charge in [0.1, 0.15) is 0 Å². The average Bonchev–Trinajstić information content (AvgIpc) is 2.55. The molecule has 1 saturated carbocycles. The summed E-state index contributed by atoms with van der Waals surface area (Å²) in [6.07, 6.45) is 1.58. The zero-order valence-corrected chi connectivity index (χ0v) is 14.8. The van der Waals surface area contributed by atoms with Crippen LogP contribution < -0.4 is 10.6 Å². The monoisotopic (exact) mass is 349 g/mol. The number of amides is 2. The van der Waals surface area contributed by atoms with Gasteiger partial charge in [-0.3, -0.25) is 9.69 Å². The second kappa shape index (κ2) is 9.39. The maximum Gasteiger partial charge on any atom is 0.317 e. The molecule has 0 aliphatic heterocycles. The molecule has 1 aromatic carbocycles. The van der Waals surface area contributed by atoms with Crippen LogP contribution in [0.4, 0.5) is 4.79 Å². The molecule has 0 atom stereocenters. The van der Waals surface area contributed by atoms with Crippen LogP contribution in [0.25, 0.3) is 0 Å². The van der Waals surface area contributed by atoms with Crippen molar-refractivity contribution in [3.63, 3.8) is 0 Å². The molecule has 25 heavy (non-hydrogen) atoms. The van der Waals surface area contributed by atoms with Gasteiger partial charge in [0, 0.05) is 25.7 Å². The van der Waals surface area contributed by atoms with Crippen molar-refractivity contribution in [3.8, 4) is 0 Å². The van der Waals surface area contributed by atoms with E-state index in [9.17, 15) is 9.59 Å². The molecule has 1 aliphatic carbocycles. The van der Waals surface area contributed by atoms with Crippen molar-refractivity contribution < 1.29 is 19.4 Å². The van der Waals surface area contributed by atoms with E-state index in [1.165, 1.54) is 0 Å². The third kappa shape index (κ3) is 6.03. The Balaban J connectivity index is 1.67. The number of likely N-dealkylation sites (N-methyl/N-ethyl adjacent to an activating group) is 1. The summed E-state index contributed by atoms with van der Waals surface area (Å²) in [6, 6.07) is 8.06. The molecule has 0 spiro atoms. The van der Waals surface area contributed by atoms with Gasteiger partial charge in [-0.2, -0.15) is 0 Å². The number of hydrogen-bond acceptors (Lipinski definition) is 4. The van der Waals surface area contributed by atoms with Crippen LogP contribution in [-0.4, -0.2) is 54.3 Å². The van der Waals surface area contributed by atoms with Gasteiger partial charge in [0.05, 0.1) is 13.2 Å². The minimum absolute atomic E-state index is 0.0547. The van der Waals surface area contributed by atoms with E-state index in [1.807, 2.05) is 36.1 Å². The Bertz CT molecular complexity index is 570. The van der Waals surface area contributed by atoms with Crippen molar-refractivity contribution in [2.24, 2.45) is 0 Å². The van der Waals surface area contributed by atoms with E-state index in [1.54, 1.807) is 7.11 Å². The highest BCUT2D eigenvalue weighted by Gasteiger charge is 2.34. The molecular weight excluding hydrogens is 322 g/mol. The smallest absolute Gasteiger partial charge is 0.317 e.